The Labute approximate surface area is 121 Å². The van der Waals surface area contributed by atoms with Crippen LogP contribution in [0.25, 0.3) is 0 Å². The molecule has 2 fully saturated rings. The SMILES string of the molecule is CN1C2CCC1CC(CN)(N(C)Cc1cnn(C)c1)C2. The van der Waals surface area contributed by atoms with Gasteiger partial charge in [-0.2, -0.15) is 5.10 Å². The molecule has 0 saturated carbocycles. The summed E-state index contributed by atoms with van der Waals surface area (Å²) in [4.78, 5) is 5.05. The second-order valence-corrected chi connectivity index (χ2v) is 6.77. The summed E-state index contributed by atoms with van der Waals surface area (Å²) in [6.07, 6.45) is 9.14. The van der Waals surface area contributed by atoms with E-state index in [0.29, 0.717) is 12.1 Å². The van der Waals surface area contributed by atoms with E-state index in [-0.39, 0.29) is 5.54 Å². The van der Waals surface area contributed by atoms with Gasteiger partial charge >= 0.3 is 0 Å². The highest BCUT2D eigenvalue weighted by atomic mass is 15.3. The summed E-state index contributed by atoms with van der Waals surface area (Å²) in [5.41, 5.74) is 7.65. The van der Waals surface area contributed by atoms with Crippen molar-refractivity contribution in [3.05, 3.63) is 18.0 Å². The standard InChI is InChI=1S/C15H27N5/c1-18(9-12-8-17-19(2)10-12)15(11-16)6-13-4-5-14(7-15)20(13)3/h8,10,13-14H,4-7,9,11,16H2,1-3H3. The van der Waals surface area contributed by atoms with Gasteiger partial charge < -0.3 is 10.6 Å². The van der Waals surface area contributed by atoms with Crippen LogP contribution in [0.4, 0.5) is 0 Å². The molecular formula is C15H27N5. The molecule has 2 atom stereocenters. The summed E-state index contributed by atoms with van der Waals surface area (Å²) in [7, 11) is 6.48. The van der Waals surface area contributed by atoms with Crippen molar-refractivity contribution in [1.82, 2.24) is 19.6 Å². The van der Waals surface area contributed by atoms with Crippen LogP contribution in [0.1, 0.15) is 31.2 Å². The lowest BCUT2D eigenvalue weighted by Crippen LogP contribution is -2.60. The number of hydrogen-bond donors (Lipinski definition) is 1. The van der Waals surface area contributed by atoms with Crippen molar-refractivity contribution in [3.63, 3.8) is 0 Å². The molecule has 20 heavy (non-hydrogen) atoms. The first-order valence-electron chi connectivity index (χ1n) is 7.65. The van der Waals surface area contributed by atoms with E-state index in [0.717, 1.165) is 13.1 Å². The van der Waals surface area contributed by atoms with Crippen molar-refractivity contribution in [1.29, 1.82) is 0 Å². The Morgan fingerprint density at radius 3 is 2.50 bits per heavy atom. The van der Waals surface area contributed by atoms with Gasteiger partial charge in [0.05, 0.1) is 6.20 Å². The number of nitrogens with two attached hydrogens (primary N) is 1. The van der Waals surface area contributed by atoms with E-state index in [4.69, 9.17) is 5.73 Å². The highest BCUT2D eigenvalue weighted by Gasteiger charge is 2.48. The minimum absolute atomic E-state index is 0.161. The lowest BCUT2D eigenvalue weighted by atomic mass is 9.81. The van der Waals surface area contributed by atoms with Crippen molar-refractivity contribution < 1.29 is 0 Å². The quantitative estimate of drug-likeness (QED) is 0.885. The van der Waals surface area contributed by atoms with Crippen molar-refractivity contribution >= 4 is 0 Å². The number of rotatable bonds is 4. The molecule has 2 aliphatic rings. The predicted molar refractivity (Wildman–Crippen MR) is 80.3 cm³/mol. The van der Waals surface area contributed by atoms with Crippen LogP contribution in [-0.2, 0) is 13.6 Å². The molecule has 2 saturated heterocycles. The first-order chi connectivity index (χ1) is 9.54. The Hall–Kier alpha value is -0.910. The minimum atomic E-state index is 0.161. The molecule has 5 nitrogen and oxygen atoms in total. The minimum Gasteiger partial charge on any atom is -0.329 e. The molecule has 2 N–H and O–H groups in total. The van der Waals surface area contributed by atoms with Crippen LogP contribution in [0.15, 0.2) is 12.4 Å². The molecule has 1 aromatic heterocycles. The Balaban J connectivity index is 1.75. The molecule has 2 unspecified atom stereocenters. The number of nitrogens with zero attached hydrogens (tertiary/aromatic N) is 4. The maximum atomic E-state index is 6.21. The predicted octanol–water partition coefficient (Wildman–Crippen LogP) is 0.806. The summed E-state index contributed by atoms with van der Waals surface area (Å²) in [5, 5.41) is 4.27. The van der Waals surface area contributed by atoms with Gasteiger partial charge in [-0.25, -0.2) is 0 Å². The van der Waals surface area contributed by atoms with Gasteiger partial charge in [0.25, 0.3) is 0 Å². The van der Waals surface area contributed by atoms with E-state index in [1.54, 1.807) is 0 Å². The molecule has 0 spiro atoms. The molecular weight excluding hydrogens is 250 g/mol. The average Bonchev–Trinajstić information content (AvgIpc) is 2.90. The van der Waals surface area contributed by atoms with Crippen LogP contribution < -0.4 is 5.73 Å². The Morgan fingerprint density at radius 2 is 2.00 bits per heavy atom. The highest BCUT2D eigenvalue weighted by molar-refractivity contribution is 5.09. The fourth-order valence-corrected chi connectivity index (χ4v) is 4.17. The zero-order chi connectivity index (χ0) is 14.3. The van der Waals surface area contributed by atoms with Crippen molar-refractivity contribution in [2.75, 3.05) is 20.6 Å². The maximum Gasteiger partial charge on any atom is 0.0534 e. The van der Waals surface area contributed by atoms with Gasteiger partial charge in [-0.05, 0) is 39.8 Å². The topological polar surface area (TPSA) is 50.3 Å². The second-order valence-electron chi connectivity index (χ2n) is 6.77. The molecule has 3 heterocycles. The molecule has 1 aromatic rings. The lowest BCUT2D eigenvalue weighted by Gasteiger charge is -2.49. The molecule has 112 valence electrons. The van der Waals surface area contributed by atoms with E-state index >= 15 is 0 Å². The van der Waals surface area contributed by atoms with Crippen LogP contribution in [0, 0.1) is 0 Å². The number of piperidine rings is 1. The van der Waals surface area contributed by atoms with Gasteiger partial charge in [-0.15, -0.1) is 0 Å². The van der Waals surface area contributed by atoms with Crippen molar-refractivity contribution in [3.8, 4) is 0 Å². The Kier molecular flexibility index (Phi) is 3.60. The number of aryl methyl sites for hydroxylation is 1. The Bertz CT molecular complexity index is 455. The highest BCUT2D eigenvalue weighted by Crippen LogP contribution is 2.42. The average molecular weight is 277 g/mol. The van der Waals surface area contributed by atoms with Crippen LogP contribution in [0.3, 0.4) is 0 Å². The van der Waals surface area contributed by atoms with Gasteiger partial charge in [-0.1, -0.05) is 0 Å². The molecule has 2 aliphatic heterocycles. The van der Waals surface area contributed by atoms with Gasteiger partial charge in [0.15, 0.2) is 0 Å². The van der Waals surface area contributed by atoms with Crippen molar-refractivity contribution in [2.24, 2.45) is 12.8 Å². The lowest BCUT2D eigenvalue weighted by molar-refractivity contribution is 0.0118. The van der Waals surface area contributed by atoms with Gasteiger partial charge in [0.2, 0.25) is 0 Å². The third-order valence-corrected chi connectivity index (χ3v) is 5.58. The zero-order valence-electron chi connectivity index (χ0n) is 12.9. The van der Waals surface area contributed by atoms with Gasteiger partial charge in [0.1, 0.15) is 0 Å². The Morgan fingerprint density at radius 1 is 1.35 bits per heavy atom. The first kappa shape index (κ1) is 14.0. The molecule has 0 radical (unpaired) electrons. The van der Waals surface area contributed by atoms with E-state index in [1.807, 2.05) is 17.9 Å². The number of hydrogen-bond acceptors (Lipinski definition) is 4. The number of aromatic nitrogens is 2. The monoisotopic (exact) mass is 277 g/mol. The van der Waals surface area contributed by atoms with E-state index < -0.39 is 0 Å². The van der Waals surface area contributed by atoms with Crippen LogP contribution >= 0.6 is 0 Å². The summed E-state index contributed by atoms with van der Waals surface area (Å²) in [6.45, 7) is 1.69. The van der Waals surface area contributed by atoms with Gasteiger partial charge in [-0.3, -0.25) is 9.58 Å². The van der Waals surface area contributed by atoms with E-state index in [9.17, 15) is 0 Å². The summed E-state index contributed by atoms with van der Waals surface area (Å²) >= 11 is 0. The summed E-state index contributed by atoms with van der Waals surface area (Å²) < 4.78 is 1.87. The molecule has 5 heteroatoms. The third kappa shape index (κ3) is 2.28. The van der Waals surface area contributed by atoms with Crippen LogP contribution in [0.5, 0.6) is 0 Å². The largest absolute Gasteiger partial charge is 0.329 e. The summed E-state index contributed by atoms with van der Waals surface area (Å²) in [5.74, 6) is 0. The third-order valence-electron chi connectivity index (χ3n) is 5.58. The zero-order valence-corrected chi connectivity index (χ0v) is 12.9. The fraction of sp³-hybridized carbons (Fsp3) is 0.800. The van der Waals surface area contributed by atoms with E-state index in [1.165, 1.54) is 31.2 Å². The van der Waals surface area contributed by atoms with Crippen molar-refractivity contribution in [2.45, 2.75) is 49.9 Å². The fourth-order valence-electron chi connectivity index (χ4n) is 4.17. The summed E-state index contributed by atoms with van der Waals surface area (Å²) in [6, 6.07) is 1.43. The molecule has 2 bridgehead atoms. The molecule has 0 aromatic carbocycles. The van der Waals surface area contributed by atoms with E-state index in [2.05, 4.69) is 35.2 Å². The second kappa shape index (κ2) is 5.13. The van der Waals surface area contributed by atoms with Gasteiger partial charge in [0, 0.05) is 49.5 Å². The number of fused-ring (bicyclic) bond motifs is 2. The first-order valence-corrected chi connectivity index (χ1v) is 7.65. The van der Waals surface area contributed by atoms with Crippen LogP contribution in [-0.4, -0.2) is 57.8 Å². The normalized spacial score (nSPS) is 34.0. The molecule has 3 rings (SSSR count). The smallest absolute Gasteiger partial charge is 0.0534 e. The van der Waals surface area contributed by atoms with Crippen LogP contribution in [0.2, 0.25) is 0 Å². The number of likely N-dealkylation sites (N-methyl/N-ethyl adjacent to an activating group) is 1. The maximum absolute atomic E-state index is 6.21. The molecule has 0 amide bonds. The molecule has 0 aliphatic carbocycles.